The molecule has 1 aliphatic heterocycles. The average molecular weight is 467 g/mol. The number of rotatable bonds is 6. The van der Waals surface area contributed by atoms with Crippen LogP contribution in [0.25, 0.3) is 0 Å². The normalized spacial score (nSPS) is 20.7. The molecule has 3 rings (SSSR count). The molecule has 8 heteroatoms. The van der Waals surface area contributed by atoms with Gasteiger partial charge in [0.1, 0.15) is 0 Å². The second kappa shape index (κ2) is 8.73. The fraction of sp³-hybridized carbons (Fsp3) is 0.350. The highest BCUT2D eigenvalue weighted by Crippen LogP contribution is 2.22. The molecule has 1 saturated heterocycles. The summed E-state index contributed by atoms with van der Waals surface area (Å²) >= 11 is 3.39. The van der Waals surface area contributed by atoms with E-state index in [4.69, 9.17) is 4.74 Å². The highest BCUT2D eigenvalue weighted by atomic mass is 79.9. The van der Waals surface area contributed by atoms with E-state index < -0.39 is 10.0 Å². The van der Waals surface area contributed by atoms with E-state index in [0.29, 0.717) is 18.7 Å². The van der Waals surface area contributed by atoms with E-state index in [2.05, 4.69) is 21.2 Å². The summed E-state index contributed by atoms with van der Waals surface area (Å²) in [5.74, 6) is -0.180. The molecule has 2 atom stereocenters. The van der Waals surface area contributed by atoms with Gasteiger partial charge in [0.15, 0.2) is 5.78 Å². The molecule has 28 heavy (non-hydrogen) atoms. The molecule has 6 nitrogen and oxygen atoms in total. The molecule has 2 aromatic carbocycles. The average Bonchev–Trinajstić information content (AvgIpc) is 2.65. The lowest BCUT2D eigenvalue weighted by Gasteiger charge is -2.34. The van der Waals surface area contributed by atoms with Crippen molar-refractivity contribution in [2.75, 3.05) is 25.0 Å². The Morgan fingerprint density at radius 2 is 1.82 bits per heavy atom. The smallest absolute Gasteiger partial charge is 0.243 e. The number of Topliss-reactive ketones (excluding diaryl/α,β-unsaturated/α-hetero) is 1. The Morgan fingerprint density at radius 1 is 1.14 bits per heavy atom. The Bertz CT molecular complexity index is 954. The molecule has 0 aromatic heterocycles. The Kier molecular flexibility index (Phi) is 6.54. The first-order valence-electron chi connectivity index (χ1n) is 9.04. The Hall–Kier alpha value is -1.74. The van der Waals surface area contributed by atoms with Gasteiger partial charge in [-0.25, -0.2) is 8.42 Å². The largest absolute Gasteiger partial charge is 0.378 e. The van der Waals surface area contributed by atoms with E-state index in [0.717, 1.165) is 10.2 Å². The van der Waals surface area contributed by atoms with Crippen LogP contribution in [0, 0.1) is 0 Å². The molecule has 0 bridgehead atoms. The molecule has 1 aliphatic rings. The number of ether oxygens (including phenoxy) is 1. The second-order valence-electron chi connectivity index (χ2n) is 6.89. The zero-order chi connectivity index (χ0) is 20.3. The predicted molar refractivity (Wildman–Crippen MR) is 112 cm³/mol. The number of nitrogens with one attached hydrogen (secondary N) is 1. The summed E-state index contributed by atoms with van der Waals surface area (Å²) in [6.45, 7) is 4.38. The number of halogens is 1. The molecule has 1 heterocycles. The standard InChI is InChI=1S/C20H23BrN2O4S/c1-14-12-23(13-15(2)27-14)28(25,26)19-8-3-5-16(9-19)20(24)11-22-18-7-4-6-17(21)10-18/h3-10,14-15,22H,11-13H2,1-2H3. The summed E-state index contributed by atoms with van der Waals surface area (Å²) < 4.78 is 34.0. The third-order valence-electron chi connectivity index (χ3n) is 4.46. The van der Waals surface area contributed by atoms with Gasteiger partial charge in [-0.15, -0.1) is 0 Å². The number of benzene rings is 2. The molecule has 0 amide bonds. The molecular weight excluding hydrogens is 444 g/mol. The number of nitrogens with zero attached hydrogens (tertiary/aromatic N) is 1. The highest BCUT2D eigenvalue weighted by Gasteiger charge is 2.32. The number of morpholine rings is 1. The van der Waals surface area contributed by atoms with Crippen molar-refractivity contribution in [2.24, 2.45) is 0 Å². The minimum atomic E-state index is -3.68. The number of anilines is 1. The lowest BCUT2D eigenvalue weighted by atomic mass is 10.1. The lowest BCUT2D eigenvalue weighted by Crippen LogP contribution is -2.48. The van der Waals surface area contributed by atoms with Gasteiger partial charge in [0.05, 0.1) is 23.6 Å². The number of hydrogen-bond donors (Lipinski definition) is 1. The van der Waals surface area contributed by atoms with Crippen LogP contribution in [0.15, 0.2) is 57.9 Å². The van der Waals surface area contributed by atoms with Crippen LogP contribution in [0.3, 0.4) is 0 Å². The summed E-state index contributed by atoms with van der Waals surface area (Å²) in [6, 6.07) is 13.7. The van der Waals surface area contributed by atoms with Crippen LogP contribution in [0.5, 0.6) is 0 Å². The van der Waals surface area contributed by atoms with Crippen molar-refractivity contribution in [3.05, 3.63) is 58.6 Å². The van der Waals surface area contributed by atoms with Gasteiger partial charge < -0.3 is 10.1 Å². The molecule has 0 radical (unpaired) electrons. The maximum absolute atomic E-state index is 13.0. The van der Waals surface area contributed by atoms with Crippen LogP contribution in [0.1, 0.15) is 24.2 Å². The third-order valence-corrected chi connectivity index (χ3v) is 6.78. The van der Waals surface area contributed by atoms with Crippen LogP contribution in [0.2, 0.25) is 0 Å². The zero-order valence-electron chi connectivity index (χ0n) is 15.8. The van der Waals surface area contributed by atoms with Gasteiger partial charge >= 0.3 is 0 Å². The van der Waals surface area contributed by atoms with Crippen molar-refractivity contribution in [3.63, 3.8) is 0 Å². The molecule has 2 unspecified atom stereocenters. The van der Waals surface area contributed by atoms with Gasteiger partial charge in [-0.05, 0) is 44.2 Å². The maximum atomic E-state index is 13.0. The number of carbonyl (C=O) groups excluding carboxylic acids is 1. The number of ketones is 1. The second-order valence-corrected chi connectivity index (χ2v) is 9.75. The Balaban J connectivity index is 1.74. The van der Waals surface area contributed by atoms with E-state index in [9.17, 15) is 13.2 Å². The summed E-state index contributed by atoms with van der Waals surface area (Å²) in [5.41, 5.74) is 1.17. The first-order chi connectivity index (χ1) is 13.3. The van der Waals surface area contributed by atoms with E-state index >= 15 is 0 Å². The van der Waals surface area contributed by atoms with Gasteiger partial charge in [-0.2, -0.15) is 4.31 Å². The minimum absolute atomic E-state index is 0.0750. The molecule has 0 aliphatic carbocycles. The number of carbonyl (C=O) groups is 1. The molecule has 0 spiro atoms. The first-order valence-corrected chi connectivity index (χ1v) is 11.3. The highest BCUT2D eigenvalue weighted by molar-refractivity contribution is 9.10. The topological polar surface area (TPSA) is 75.7 Å². The van der Waals surface area contributed by atoms with Crippen LogP contribution >= 0.6 is 15.9 Å². The van der Waals surface area contributed by atoms with Crippen molar-refractivity contribution >= 4 is 37.4 Å². The van der Waals surface area contributed by atoms with Gasteiger partial charge in [-0.3, -0.25) is 4.79 Å². The van der Waals surface area contributed by atoms with Crippen molar-refractivity contribution in [1.29, 1.82) is 0 Å². The van der Waals surface area contributed by atoms with Crippen LogP contribution in [-0.2, 0) is 14.8 Å². The predicted octanol–water partition coefficient (Wildman–Crippen LogP) is 3.54. The molecule has 0 saturated carbocycles. The van der Waals surface area contributed by atoms with E-state index in [1.165, 1.54) is 16.4 Å². The van der Waals surface area contributed by atoms with Gasteiger partial charge in [0.25, 0.3) is 0 Å². The van der Waals surface area contributed by atoms with Crippen molar-refractivity contribution < 1.29 is 17.9 Å². The summed E-state index contributed by atoms with van der Waals surface area (Å²) in [7, 11) is -3.68. The lowest BCUT2D eigenvalue weighted by molar-refractivity contribution is -0.0440. The minimum Gasteiger partial charge on any atom is -0.378 e. The van der Waals surface area contributed by atoms with Gasteiger partial charge in [-0.1, -0.05) is 34.1 Å². The Morgan fingerprint density at radius 3 is 2.50 bits per heavy atom. The van der Waals surface area contributed by atoms with Crippen molar-refractivity contribution in [1.82, 2.24) is 4.31 Å². The number of hydrogen-bond acceptors (Lipinski definition) is 5. The summed E-state index contributed by atoms with van der Waals surface area (Å²) in [4.78, 5) is 12.7. The molecule has 2 aromatic rings. The first kappa shape index (κ1) is 21.0. The summed E-state index contributed by atoms with van der Waals surface area (Å²) in [5, 5.41) is 3.06. The monoisotopic (exact) mass is 466 g/mol. The molecule has 150 valence electrons. The van der Waals surface area contributed by atoms with Crippen LogP contribution < -0.4 is 5.32 Å². The van der Waals surface area contributed by atoms with E-state index in [-0.39, 0.29) is 29.4 Å². The van der Waals surface area contributed by atoms with E-state index in [1.54, 1.807) is 12.1 Å². The van der Waals surface area contributed by atoms with E-state index in [1.807, 2.05) is 38.1 Å². The number of sulfonamides is 1. The quantitative estimate of drug-likeness (QED) is 0.658. The van der Waals surface area contributed by atoms with Crippen LogP contribution in [-0.4, -0.2) is 50.3 Å². The Labute approximate surface area is 174 Å². The van der Waals surface area contributed by atoms with Crippen molar-refractivity contribution in [2.45, 2.75) is 31.0 Å². The fourth-order valence-electron chi connectivity index (χ4n) is 3.19. The maximum Gasteiger partial charge on any atom is 0.243 e. The zero-order valence-corrected chi connectivity index (χ0v) is 18.2. The van der Waals surface area contributed by atoms with Crippen molar-refractivity contribution in [3.8, 4) is 0 Å². The van der Waals surface area contributed by atoms with Gasteiger partial charge in [0, 0.05) is 28.8 Å². The van der Waals surface area contributed by atoms with Crippen LogP contribution in [0.4, 0.5) is 5.69 Å². The molecule has 1 N–H and O–H groups in total. The molecule has 1 fully saturated rings. The summed E-state index contributed by atoms with van der Waals surface area (Å²) in [6.07, 6.45) is -0.338. The van der Waals surface area contributed by atoms with Gasteiger partial charge in [0.2, 0.25) is 10.0 Å². The molecular formula is C20H23BrN2O4S. The third kappa shape index (κ3) is 5.00. The SMILES string of the molecule is CC1CN(S(=O)(=O)c2cccc(C(=O)CNc3cccc(Br)c3)c2)CC(C)O1. The fourth-order valence-corrected chi connectivity index (χ4v) is 5.23.